The van der Waals surface area contributed by atoms with Crippen molar-refractivity contribution < 1.29 is 19.4 Å². The molecule has 228 valence electrons. The summed E-state index contributed by atoms with van der Waals surface area (Å²) in [4.78, 5) is 30.3. The number of rotatable bonds is 7. The van der Waals surface area contributed by atoms with E-state index in [2.05, 4.69) is 40.1 Å². The molecule has 3 aromatic rings. The van der Waals surface area contributed by atoms with E-state index in [1.807, 2.05) is 49.9 Å². The topological polar surface area (TPSA) is 73.3 Å². The van der Waals surface area contributed by atoms with Crippen molar-refractivity contribution in [3.63, 3.8) is 0 Å². The summed E-state index contributed by atoms with van der Waals surface area (Å²) in [5.41, 5.74) is 5.98. The minimum absolute atomic E-state index is 0.231. The molecule has 3 aromatic carbocycles. The van der Waals surface area contributed by atoms with Crippen LogP contribution < -0.4 is 4.90 Å². The number of ether oxygens (including phenoxy) is 1. The summed E-state index contributed by atoms with van der Waals surface area (Å²) in [6.45, 7) is 11.4. The van der Waals surface area contributed by atoms with Crippen molar-refractivity contribution in [3.05, 3.63) is 88.4 Å². The molecule has 7 nitrogen and oxygen atoms in total. The van der Waals surface area contributed by atoms with E-state index in [1.165, 1.54) is 22.3 Å². The largest absolute Gasteiger partial charge is 0.478 e. The van der Waals surface area contributed by atoms with Crippen LogP contribution in [0.15, 0.2) is 66.7 Å². The lowest BCUT2D eigenvalue weighted by atomic mass is 9.86. The van der Waals surface area contributed by atoms with Crippen molar-refractivity contribution in [1.82, 2.24) is 9.80 Å². The van der Waals surface area contributed by atoms with Gasteiger partial charge in [0, 0.05) is 56.5 Å². The van der Waals surface area contributed by atoms with Gasteiger partial charge >= 0.3 is 12.1 Å². The Labute approximate surface area is 260 Å². The highest BCUT2D eigenvalue weighted by atomic mass is 35.5. The molecule has 2 heterocycles. The molecule has 0 unspecified atom stereocenters. The Hall–Kier alpha value is -3.55. The van der Waals surface area contributed by atoms with Crippen LogP contribution in [0.2, 0.25) is 5.02 Å². The first-order chi connectivity index (χ1) is 20.5. The van der Waals surface area contributed by atoms with Crippen molar-refractivity contribution in [2.75, 3.05) is 44.2 Å². The van der Waals surface area contributed by atoms with Crippen LogP contribution in [-0.2, 0) is 17.7 Å². The number of carbonyl (C=O) groups excluding carboxylic acids is 1. The summed E-state index contributed by atoms with van der Waals surface area (Å²) >= 11 is 6.21. The third-order valence-electron chi connectivity index (χ3n) is 8.36. The third-order valence-corrected chi connectivity index (χ3v) is 8.61. The summed E-state index contributed by atoms with van der Waals surface area (Å²) < 4.78 is 5.56. The lowest BCUT2D eigenvalue weighted by Crippen LogP contribution is -2.49. The van der Waals surface area contributed by atoms with E-state index in [-0.39, 0.29) is 6.09 Å². The minimum Gasteiger partial charge on any atom is -0.478 e. The number of carbonyl (C=O) groups is 2. The Bertz CT molecular complexity index is 1400. The first-order valence-electron chi connectivity index (χ1n) is 15.2. The standard InChI is InChI=1S/C35H42ClN3O4/c1-35(2,3)43-34(42)39-20-18-37(19-21-39)24-26-4-13-32(27-5-9-30(36)10-6-27)29(23-26)22-25-14-16-38(17-15-25)31-11-7-28(8-12-31)33(40)41/h4-13,23,25H,14-22,24H2,1-3H3,(H,40,41). The Morgan fingerprint density at radius 1 is 0.884 bits per heavy atom. The van der Waals surface area contributed by atoms with E-state index in [4.69, 9.17) is 16.3 Å². The summed E-state index contributed by atoms with van der Waals surface area (Å²) in [5.74, 6) is -0.333. The fraction of sp³-hybridized carbons (Fsp3) is 0.429. The molecule has 2 aliphatic heterocycles. The molecule has 2 aliphatic rings. The van der Waals surface area contributed by atoms with Crippen LogP contribution in [0.4, 0.5) is 10.5 Å². The van der Waals surface area contributed by atoms with E-state index in [1.54, 1.807) is 12.1 Å². The number of hydrogen-bond donors (Lipinski definition) is 1. The Morgan fingerprint density at radius 2 is 1.53 bits per heavy atom. The van der Waals surface area contributed by atoms with Gasteiger partial charge in [-0.3, -0.25) is 4.90 Å². The molecule has 0 saturated carbocycles. The molecule has 0 aromatic heterocycles. The van der Waals surface area contributed by atoms with Gasteiger partial charge in [0.1, 0.15) is 5.60 Å². The average molecular weight is 604 g/mol. The number of halogens is 1. The van der Waals surface area contributed by atoms with Crippen LogP contribution in [0, 0.1) is 5.92 Å². The van der Waals surface area contributed by atoms with Gasteiger partial charge in [0.05, 0.1) is 5.56 Å². The molecule has 0 atom stereocenters. The Kier molecular flexibility index (Phi) is 9.62. The third kappa shape index (κ3) is 8.30. The number of piperazine rings is 1. The molecule has 8 heteroatoms. The van der Waals surface area contributed by atoms with Crippen LogP contribution in [0.3, 0.4) is 0 Å². The fourth-order valence-corrected chi connectivity index (χ4v) is 6.15. The number of carboxylic acids is 1. The van der Waals surface area contributed by atoms with E-state index >= 15 is 0 Å². The summed E-state index contributed by atoms with van der Waals surface area (Å²) in [5, 5.41) is 9.95. The monoisotopic (exact) mass is 603 g/mol. The van der Waals surface area contributed by atoms with Crippen molar-refractivity contribution in [2.24, 2.45) is 5.92 Å². The van der Waals surface area contributed by atoms with Crippen LogP contribution in [-0.4, -0.2) is 71.8 Å². The number of carboxylic acid groups (broad SMARTS) is 1. The maximum Gasteiger partial charge on any atom is 0.410 e. The highest BCUT2D eigenvalue weighted by molar-refractivity contribution is 6.30. The number of anilines is 1. The van der Waals surface area contributed by atoms with E-state index in [9.17, 15) is 14.7 Å². The predicted molar refractivity (Wildman–Crippen MR) is 172 cm³/mol. The number of aromatic carboxylic acids is 1. The van der Waals surface area contributed by atoms with Crippen molar-refractivity contribution in [3.8, 4) is 11.1 Å². The van der Waals surface area contributed by atoms with Gasteiger partial charge in [-0.2, -0.15) is 0 Å². The molecule has 2 saturated heterocycles. The van der Waals surface area contributed by atoms with Gasteiger partial charge in [0.15, 0.2) is 0 Å². The molecule has 1 amide bonds. The van der Waals surface area contributed by atoms with Gasteiger partial charge in [0.2, 0.25) is 0 Å². The van der Waals surface area contributed by atoms with Crippen molar-refractivity contribution in [2.45, 2.75) is 52.2 Å². The molecule has 5 rings (SSSR count). The predicted octanol–water partition coefficient (Wildman–Crippen LogP) is 7.22. The molecule has 0 spiro atoms. The van der Waals surface area contributed by atoms with Crippen LogP contribution >= 0.6 is 11.6 Å². The van der Waals surface area contributed by atoms with Gasteiger partial charge in [-0.25, -0.2) is 9.59 Å². The molecule has 43 heavy (non-hydrogen) atoms. The Balaban J connectivity index is 1.25. The number of amides is 1. The maximum absolute atomic E-state index is 12.5. The molecule has 0 aliphatic carbocycles. The zero-order chi connectivity index (χ0) is 30.6. The zero-order valence-electron chi connectivity index (χ0n) is 25.4. The summed E-state index contributed by atoms with van der Waals surface area (Å²) in [6.07, 6.45) is 2.93. The average Bonchev–Trinajstić information content (AvgIpc) is 2.98. The lowest BCUT2D eigenvalue weighted by Gasteiger charge is -2.36. The zero-order valence-corrected chi connectivity index (χ0v) is 26.1. The maximum atomic E-state index is 12.5. The molecular weight excluding hydrogens is 562 g/mol. The van der Waals surface area contributed by atoms with Gasteiger partial charge in [0.25, 0.3) is 0 Å². The quantitative estimate of drug-likeness (QED) is 0.307. The summed E-state index contributed by atoms with van der Waals surface area (Å²) in [6, 6.07) is 22.2. The highest BCUT2D eigenvalue weighted by Gasteiger charge is 2.26. The summed E-state index contributed by atoms with van der Waals surface area (Å²) in [7, 11) is 0. The molecular formula is C35H42ClN3O4. The molecule has 2 fully saturated rings. The Morgan fingerprint density at radius 3 is 2.14 bits per heavy atom. The van der Waals surface area contributed by atoms with Gasteiger partial charge in [-0.05, 0) is 105 Å². The SMILES string of the molecule is CC(C)(C)OC(=O)N1CCN(Cc2ccc(-c3ccc(Cl)cc3)c(CC3CCN(c4ccc(C(=O)O)cc4)CC3)c2)CC1. The first kappa shape index (κ1) is 30.9. The minimum atomic E-state index is -0.896. The number of benzene rings is 3. The number of hydrogen-bond acceptors (Lipinski definition) is 5. The fourth-order valence-electron chi connectivity index (χ4n) is 6.02. The number of piperidine rings is 1. The molecule has 1 N–H and O–H groups in total. The van der Waals surface area contributed by atoms with Gasteiger partial charge in [-0.15, -0.1) is 0 Å². The van der Waals surface area contributed by atoms with Gasteiger partial charge in [-0.1, -0.05) is 41.9 Å². The second-order valence-electron chi connectivity index (χ2n) is 12.7. The van der Waals surface area contributed by atoms with E-state index in [0.29, 0.717) is 24.6 Å². The first-order valence-corrected chi connectivity index (χ1v) is 15.6. The van der Waals surface area contributed by atoms with Crippen LogP contribution in [0.5, 0.6) is 0 Å². The van der Waals surface area contributed by atoms with E-state index in [0.717, 1.165) is 62.7 Å². The highest BCUT2D eigenvalue weighted by Crippen LogP contribution is 2.32. The molecule has 0 radical (unpaired) electrons. The normalized spacial score (nSPS) is 16.7. The smallest absolute Gasteiger partial charge is 0.410 e. The van der Waals surface area contributed by atoms with Crippen LogP contribution in [0.25, 0.3) is 11.1 Å². The van der Waals surface area contributed by atoms with Crippen molar-refractivity contribution in [1.29, 1.82) is 0 Å². The number of nitrogens with zero attached hydrogens (tertiary/aromatic N) is 3. The van der Waals surface area contributed by atoms with E-state index < -0.39 is 11.6 Å². The second-order valence-corrected chi connectivity index (χ2v) is 13.2. The van der Waals surface area contributed by atoms with Crippen molar-refractivity contribution >= 4 is 29.4 Å². The van der Waals surface area contributed by atoms with Crippen LogP contribution in [0.1, 0.15) is 55.1 Å². The lowest BCUT2D eigenvalue weighted by molar-refractivity contribution is 0.0139. The van der Waals surface area contributed by atoms with Gasteiger partial charge < -0.3 is 19.6 Å². The second kappa shape index (κ2) is 13.4. The molecule has 0 bridgehead atoms.